The van der Waals surface area contributed by atoms with Crippen LogP contribution < -0.4 is 10.1 Å². The van der Waals surface area contributed by atoms with Gasteiger partial charge in [-0.2, -0.15) is 0 Å². The van der Waals surface area contributed by atoms with Crippen molar-refractivity contribution in [2.75, 3.05) is 19.0 Å². The van der Waals surface area contributed by atoms with E-state index in [1.165, 1.54) is 0 Å². The number of fused-ring (bicyclic) bond motifs is 1. The largest absolute Gasteiger partial charge is 0.497 e. The number of methoxy groups -OCH3 is 1. The molecule has 0 radical (unpaired) electrons. The predicted molar refractivity (Wildman–Crippen MR) is 114 cm³/mol. The molecule has 5 nitrogen and oxygen atoms in total. The quantitative estimate of drug-likeness (QED) is 0.518. The molecule has 0 aliphatic heterocycles. The lowest BCUT2D eigenvalue weighted by molar-refractivity contribution is 0.208. The molecule has 0 aliphatic rings. The van der Waals surface area contributed by atoms with Gasteiger partial charge in [0.05, 0.1) is 19.2 Å². The summed E-state index contributed by atoms with van der Waals surface area (Å²) in [6, 6.07) is 17.0. The molecule has 0 saturated heterocycles. The van der Waals surface area contributed by atoms with Crippen LogP contribution in [0.4, 0.5) is 10.5 Å². The third-order valence-corrected chi connectivity index (χ3v) is 4.83. The van der Waals surface area contributed by atoms with Crippen LogP contribution in [-0.4, -0.2) is 29.6 Å². The molecule has 1 aromatic heterocycles. The summed E-state index contributed by atoms with van der Waals surface area (Å²) in [5, 5.41) is 4.38. The normalized spacial score (nSPS) is 10.7. The molecular weight excluding hydrogens is 374 g/mol. The first-order valence-electron chi connectivity index (χ1n) is 9.35. The van der Waals surface area contributed by atoms with Crippen molar-refractivity contribution in [3.05, 3.63) is 65.3 Å². The molecule has 0 atom stereocenters. The lowest BCUT2D eigenvalue weighted by Gasteiger charge is -2.24. The monoisotopic (exact) mass is 397 g/mol. The molecule has 6 heteroatoms. The summed E-state index contributed by atoms with van der Waals surface area (Å²) < 4.78 is 5.22. The van der Waals surface area contributed by atoms with Crippen molar-refractivity contribution >= 4 is 34.2 Å². The summed E-state index contributed by atoms with van der Waals surface area (Å²) in [4.78, 5) is 19.1. The number of nitrogens with one attached hydrogen (secondary N) is 1. The number of amides is 2. The molecule has 2 aromatic carbocycles. The van der Waals surface area contributed by atoms with E-state index in [0.29, 0.717) is 29.7 Å². The second-order valence-electron chi connectivity index (χ2n) is 6.57. The van der Waals surface area contributed by atoms with Crippen LogP contribution in [0, 0.1) is 0 Å². The van der Waals surface area contributed by atoms with Crippen LogP contribution in [0.1, 0.15) is 25.3 Å². The maximum absolute atomic E-state index is 12.9. The van der Waals surface area contributed by atoms with Gasteiger partial charge in [0.1, 0.15) is 10.9 Å². The van der Waals surface area contributed by atoms with E-state index in [9.17, 15) is 4.79 Å². The van der Waals surface area contributed by atoms with Crippen molar-refractivity contribution in [3.8, 4) is 5.75 Å². The number of urea groups is 1. The number of rotatable bonds is 7. The number of para-hydroxylation sites is 1. The van der Waals surface area contributed by atoms with Gasteiger partial charge in [-0.1, -0.05) is 49.2 Å². The zero-order valence-electron chi connectivity index (χ0n) is 16.1. The van der Waals surface area contributed by atoms with Crippen LogP contribution in [-0.2, 0) is 6.54 Å². The number of nitrogens with zero attached hydrogens (tertiary/aromatic N) is 2. The molecule has 2 amide bonds. The number of hydrogen-bond acceptors (Lipinski definition) is 3. The topological polar surface area (TPSA) is 54.5 Å². The van der Waals surface area contributed by atoms with E-state index in [4.69, 9.17) is 16.3 Å². The van der Waals surface area contributed by atoms with E-state index in [2.05, 4.69) is 17.2 Å². The Kier molecular flexibility index (Phi) is 6.71. The van der Waals surface area contributed by atoms with Gasteiger partial charge in [0.2, 0.25) is 0 Å². The van der Waals surface area contributed by atoms with Gasteiger partial charge in [0.15, 0.2) is 0 Å². The SMILES string of the molecule is CCCCN(Cc1cc2ccccc2nc1Cl)C(=O)Nc1cccc(OC)c1. The van der Waals surface area contributed by atoms with Crippen molar-refractivity contribution < 1.29 is 9.53 Å². The summed E-state index contributed by atoms with van der Waals surface area (Å²) in [5.74, 6) is 0.694. The molecule has 0 aliphatic carbocycles. The van der Waals surface area contributed by atoms with Gasteiger partial charge in [-0.3, -0.25) is 0 Å². The average Bonchev–Trinajstić information content (AvgIpc) is 2.71. The molecular formula is C22H24ClN3O2. The van der Waals surface area contributed by atoms with Crippen LogP contribution in [0.3, 0.4) is 0 Å². The second kappa shape index (κ2) is 9.42. The second-order valence-corrected chi connectivity index (χ2v) is 6.93. The Balaban J connectivity index is 1.81. The molecule has 0 spiro atoms. The van der Waals surface area contributed by atoms with Gasteiger partial charge < -0.3 is 15.0 Å². The standard InChI is InChI=1S/C22H24ClN3O2/c1-3-4-12-26(22(27)24-18-9-7-10-19(14-18)28-2)15-17-13-16-8-5-6-11-20(16)25-21(17)23/h5-11,13-14H,3-4,12,15H2,1-2H3,(H,24,27). The van der Waals surface area contributed by atoms with Gasteiger partial charge in [-0.25, -0.2) is 9.78 Å². The third kappa shape index (κ3) is 4.93. The van der Waals surface area contributed by atoms with Gasteiger partial charge in [-0.05, 0) is 30.7 Å². The maximum Gasteiger partial charge on any atom is 0.322 e. The molecule has 3 rings (SSSR count). The van der Waals surface area contributed by atoms with E-state index in [-0.39, 0.29) is 6.03 Å². The third-order valence-electron chi connectivity index (χ3n) is 4.50. The number of halogens is 1. The van der Waals surface area contributed by atoms with Crippen molar-refractivity contribution in [2.45, 2.75) is 26.3 Å². The number of pyridine rings is 1. The minimum atomic E-state index is -0.175. The lowest BCUT2D eigenvalue weighted by Crippen LogP contribution is -2.35. The van der Waals surface area contributed by atoms with Crippen LogP contribution >= 0.6 is 11.6 Å². The molecule has 0 unspecified atom stereocenters. The first kappa shape index (κ1) is 20.0. The Bertz CT molecular complexity index is 961. The Morgan fingerprint density at radius 3 is 2.79 bits per heavy atom. The van der Waals surface area contributed by atoms with Gasteiger partial charge in [0, 0.05) is 29.2 Å². The number of benzene rings is 2. The molecule has 28 heavy (non-hydrogen) atoms. The summed E-state index contributed by atoms with van der Waals surface area (Å²) in [6.45, 7) is 3.13. The van der Waals surface area contributed by atoms with Crippen LogP contribution in [0.5, 0.6) is 5.75 Å². The molecule has 0 bridgehead atoms. The predicted octanol–water partition coefficient (Wildman–Crippen LogP) is 5.73. The first-order valence-corrected chi connectivity index (χ1v) is 9.72. The number of anilines is 1. The van der Waals surface area contributed by atoms with Crippen LogP contribution in [0.25, 0.3) is 10.9 Å². The maximum atomic E-state index is 12.9. The summed E-state index contributed by atoms with van der Waals surface area (Å²) in [5.41, 5.74) is 2.36. The summed E-state index contributed by atoms with van der Waals surface area (Å²) in [7, 11) is 1.60. The van der Waals surface area contributed by atoms with Gasteiger partial charge in [0.25, 0.3) is 0 Å². The van der Waals surface area contributed by atoms with E-state index >= 15 is 0 Å². The highest BCUT2D eigenvalue weighted by Crippen LogP contribution is 2.23. The fourth-order valence-corrected chi connectivity index (χ4v) is 3.16. The Hall–Kier alpha value is -2.79. The van der Waals surface area contributed by atoms with E-state index < -0.39 is 0 Å². The van der Waals surface area contributed by atoms with Crippen molar-refractivity contribution in [1.29, 1.82) is 0 Å². The van der Waals surface area contributed by atoms with Crippen LogP contribution in [0.2, 0.25) is 5.15 Å². The number of carbonyl (C=O) groups is 1. The van der Waals surface area contributed by atoms with E-state index in [1.54, 1.807) is 18.1 Å². The van der Waals surface area contributed by atoms with Crippen molar-refractivity contribution in [2.24, 2.45) is 0 Å². The smallest absolute Gasteiger partial charge is 0.322 e. The van der Waals surface area contributed by atoms with Crippen LogP contribution in [0.15, 0.2) is 54.6 Å². The zero-order chi connectivity index (χ0) is 19.9. The molecule has 1 N–H and O–H groups in total. The minimum Gasteiger partial charge on any atom is -0.497 e. The van der Waals surface area contributed by atoms with Gasteiger partial charge in [-0.15, -0.1) is 0 Å². The number of unbranched alkanes of at least 4 members (excludes halogenated alkanes) is 1. The number of carbonyl (C=O) groups excluding carboxylic acids is 1. The fourth-order valence-electron chi connectivity index (χ4n) is 2.96. The molecule has 0 fully saturated rings. The molecule has 3 aromatic rings. The van der Waals surface area contributed by atoms with E-state index in [0.717, 1.165) is 29.3 Å². The first-order chi connectivity index (χ1) is 13.6. The fraction of sp³-hybridized carbons (Fsp3) is 0.273. The summed E-state index contributed by atoms with van der Waals surface area (Å²) in [6.07, 6.45) is 1.90. The average molecular weight is 398 g/mol. The molecule has 146 valence electrons. The number of hydrogen-bond donors (Lipinski definition) is 1. The Morgan fingerprint density at radius 2 is 2.00 bits per heavy atom. The highest BCUT2D eigenvalue weighted by molar-refractivity contribution is 6.30. The Labute approximate surface area is 170 Å². The highest BCUT2D eigenvalue weighted by atomic mass is 35.5. The minimum absolute atomic E-state index is 0.175. The van der Waals surface area contributed by atoms with E-state index in [1.807, 2.05) is 48.5 Å². The lowest BCUT2D eigenvalue weighted by atomic mass is 10.1. The highest BCUT2D eigenvalue weighted by Gasteiger charge is 2.16. The summed E-state index contributed by atoms with van der Waals surface area (Å²) >= 11 is 6.40. The number of ether oxygens (including phenoxy) is 1. The zero-order valence-corrected chi connectivity index (χ0v) is 16.9. The van der Waals surface area contributed by atoms with Crippen molar-refractivity contribution in [1.82, 2.24) is 9.88 Å². The Morgan fingerprint density at radius 1 is 1.18 bits per heavy atom. The number of aromatic nitrogens is 1. The molecule has 1 heterocycles. The van der Waals surface area contributed by atoms with Crippen molar-refractivity contribution in [3.63, 3.8) is 0 Å². The molecule has 0 saturated carbocycles. The van der Waals surface area contributed by atoms with Gasteiger partial charge >= 0.3 is 6.03 Å².